The van der Waals surface area contributed by atoms with E-state index in [0.717, 1.165) is 4.90 Å². The highest BCUT2D eigenvalue weighted by atomic mass is 19.3. The molecular formula is C18H16F2N4O2. The summed E-state index contributed by atoms with van der Waals surface area (Å²) in [5.41, 5.74) is 2.20. The maximum atomic E-state index is 14.2. The van der Waals surface area contributed by atoms with Crippen molar-refractivity contribution in [1.82, 2.24) is 14.5 Å². The molecule has 6 nitrogen and oxygen atoms in total. The van der Waals surface area contributed by atoms with Crippen molar-refractivity contribution in [2.24, 2.45) is 7.05 Å². The summed E-state index contributed by atoms with van der Waals surface area (Å²) in [7, 11) is 1.74. The van der Waals surface area contributed by atoms with E-state index in [1.807, 2.05) is 6.92 Å². The van der Waals surface area contributed by atoms with E-state index in [1.54, 1.807) is 48.1 Å². The number of hydrogen-bond acceptors (Lipinski definition) is 4. The van der Waals surface area contributed by atoms with Crippen LogP contribution in [0, 0.1) is 0 Å². The number of halogens is 2. The van der Waals surface area contributed by atoms with Gasteiger partial charge in [-0.25, -0.2) is 9.97 Å². The van der Waals surface area contributed by atoms with Crippen LogP contribution in [0.1, 0.15) is 18.3 Å². The summed E-state index contributed by atoms with van der Waals surface area (Å²) in [5.74, 6) is -0.910. The highest BCUT2D eigenvalue weighted by Crippen LogP contribution is 2.42. The molecule has 0 saturated carbocycles. The minimum Gasteiger partial charge on any atom is -0.423 e. The van der Waals surface area contributed by atoms with Crippen molar-refractivity contribution in [3.8, 4) is 5.75 Å². The molecular weight excluding hydrogens is 342 g/mol. The molecule has 134 valence electrons. The van der Waals surface area contributed by atoms with Gasteiger partial charge in [-0.1, -0.05) is 19.1 Å². The SMILES string of the molecule is CCc1cccc2c1OC(F)(F)C(=O)N2Cc1nc2cccnc2n1C. The van der Waals surface area contributed by atoms with Gasteiger partial charge in [-0.2, -0.15) is 8.78 Å². The largest absolute Gasteiger partial charge is 0.483 e. The Morgan fingerprint density at radius 2 is 2.04 bits per heavy atom. The molecule has 3 aromatic rings. The first kappa shape index (κ1) is 16.4. The highest BCUT2D eigenvalue weighted by molar-refractivity contribution is 6.01. The lowest BCUT2D eigenvalue weighted by Crippen LogP contribution is -2.50. The van der Waals surface area contributed by atoms with Crippen LogP contribution < -0.4 is 9.64 Å². The molecule has 1 amide bonds. The van der Waals surface area contributed by atoms with Crippen LogP contribution in [0.3, 0.4) is 0 Å². The number of hydrogen-bond donors (Lipinski definition) is 0. The van der Waals surface area contributed by atoms with Crippen molar-refractivity contribution in [2.45, 2.75) is 26.0 Å². The first-order chi connectivity index (χ1) is 12.4. The number of aryl methyl sites for hydroxylation is 2. The molecule has 0 fully saturated rings. The summed E-state index contributed by atoms with van der Waals surface area (Å²) >= 11 is 0. The standard InChI is InChI=1S/C18H16F2N4O2/c1-3-11-6-4-8-13-15(11)26-18(19,20)17(25)24(13)10-14-22-12-7-5-9-21-16(12)23(14)2/h4-9H,3,10H2,1-2H3. The normalized spacial score (nSPS) is 15.8. The Kier molecular flexibility index (Phi) is 3.64. The van der Waals surface area contributed by atoms with Crippen LogP contribution in [0.4, 0.5) is 14.5 Å². The predicted molar refractivity (Wildman–Crippen MR) is 91.1 cm³/mol. The molecule has 4 rings (SSSR count). The van der Waals surface area contributed by atoms with Crippen molar-refractivity contribution in [3.05, 3.63) is 47.9 Å². The number of benzene rings is 1. The third kappa shape index (κ3) is 2.40. The number of alkyl halides is 2. The zero-order chi connectivity index (χ0) is 18.5. The van der Waals surface area contributed by atoms with Crippen molar-refractivity contribution >= 4 is 22.8 Å². The zero-order valence-corrected chi connectivity index (χ0v) is 14.2. The van der Waals surface area contributed by atoms with Gasteiger partial charge >= 0.3 is 12.0 Å². The molecule has 0 N–H and O–H groups in total. The van der Waals surface area contributed by atoms with Crippen molar-refractivity contribution in [1.29, 1.82) is 0 Å². The van der Waals surface area contributed by atoms with Gasteiger partial charge in [0, 0.05) is 13.2 Å². The molecule has 1 aromatic carbocycles. The molecule has 8 heteroatoms. The molecule has 0 radical (unpaired) electrons. The van der Waals surface area contributed by atoms with Gasteiger partial charge in [-0.15, -0.1) is 0 Å². The summed E-state index contributed by atoms with van der Waals surface area (Å²) in [6.07, 6.45) is -1.77. The minimum atomic E-state index is -3.92. The number of amides is 1. The lowest BCUT2D eigenvalue weighted by molar-refractivity contribution is -0.193. The Labute approximate surface area is 148 Å². The van der Waals surface area contributed by atoms with Crippen LogP contribution in [0.2, 0.25) is 0 Å². The van der Waals surface area contributed by atoms with Crippen LogP contribution in [-0.2, 0) is 24.8 Å². The van der Waals surface area contributed by atoms with Gasteiger partial charge in [0.05, 0.1) is 12.2 Å². The quantitative estimate of drug-likeness (QED) is 0.722. The van der Waals surface area contributed by atoms with Gasteiger partial charge in [0.15, 0.2) is 11.4 Å². The monoisotopic (exact) mass is 358 g/mol. The number of carbonyl (C=O) groups excluding carboxylic acids is 1. The summed E-state index contributed by atoms with van der Waals surface area (Å²) in [6, 6.07) is 8.56. The maximum Gasteiger partial charge on any atom is 0.483 e. The molecule has 0 saturated heterocycles. The lowest BCUT2D eigenvalue weighted by atomic mass is 10.1. The second kappa shape index (κ2) is 5.76. The Bertz CT molecular complexity index is 1020. The molecule has 3 heterocycles. The second-order valence-corrected chi connectivity index (χ2v) is 6.06. The molecule has 0 spiro atoms. The van der Waals surface area contributed by atoms with E-state index in [0.29, 0.717) is 34.7 Å². The molecule has 1 aliphatic heterocycles. The van der Waals surface area contributed by atoms with Gasteiger partial charge < -0.3 is 9.30 Å². The van der Waals surface area contributed by atoms with Crippen molar-refractivity contribution in [2.75, 3.05) is 4.90 Å². The van der Waals surface area contributed by atoms with Gasteiger partial charge in [-0.05, 0) is 30.2 Å². The fourth-order valence-corrected chi connectivity index (χ4v) is 3.13. The van der Waals surface area contributed by atoms with E-state index >= 15 is 0 Å². The van der Waals surface area contributed by atoms with Crippen LogP contribution in [0.25, 0.3) is 11.2 Å². The summed E-state index contributed by atoms with van der Waals surface area (Å²) < 4.78 is 34.8. The average molecular weight is 358 g/mol. The zero-order valence-electron chi connectivity index (χ0n) is 14.2. The third-order valence-electron chi connectivity index (χ3n) is 4.49. The Morgan fingerprint density at radius 3 is 2.77 bits per heavy atom. The van der Waals surface area contributed by atoms with Crippen molar-refractivity contribution < 1.29 is 18.3 Å². The molecule has 0 unspecified atom stereocenters. The Balaban J connectivity index is 1.82. The van der Waals surface area contributed by atoms with E-state index in [1.165, 1.54) is 0 Å². The number of carbonyl (C=O) groups is 1. The predicted octanol–water partition coefficient (Wildman–Crippen LogP) is 3.05. The van der Waals surface area contributed by atoms with Gasteiger partial charge in [0.2, 0.25) is 0 Å². The molecule has 1 aliphatic rings. The van der Waals surface area contributed by atoms with E-state index < -0.39 is 12.0 Å². The van der Waals surface area contributed by atoms with Crippen molar-refractivity contribution in [3.63, 3.8) is 0 Å². The van der Waals surface area contributed by atoms with E-state index in [9.17, 15) is 13.6 Å². The molecule has 2 aromatic heterocycles. The summed E-state index contributed by atoms with van der Waals surface area (Å²) in [4.78, 5) is 22.0. The average Bonchev–Trinajstić information content (AvgIpc) is 2.94. The van der Waals surface area contributed by atoms with E-state index in [2.05, 4.69) is 9.97 Å². The Morgan fingerprint density at radius 1 is 1.23 bits per heavy atom. The Hall–Kier alpha value is -3.03. The summed E-state index contributed by atoms with van der Waals surface area (Å²) in [6.45, 7) is 1.74. The third-order valence-corrected chi connectivity index (χ3v) is 4.49. The number of anilines is 1. The smallest absolute Gasteiger partial charge is 0.423 e. The van der Waals surface area contributed by atoms with Gasteiger partial charge in [0.25, 0.3) is 0 Å². The summed E-state index contributed by atoms with van der Waals surface area (Å²) in [5, 5.41) is 0. The topological polar surface area (TPSA) is 60.2 Å². The number of nitrogens with zero attached hydrogens (tertiary/aromatic N) is 4. The van der Waals surface area contributed by atoms with Crippen LogP contribution in [-0.4, -0.2) is 26.6 Å². The fraction of sp³-hybridized carbons (Fsp3) is 0.278. The lowest BCUT2D eigenvalue weighted by Gasteiger charge is -2.34. The van der Waals surface area contributed by atoms with E-state index in [-0.39, 0.29) is 12.3 Å². The first-order valence-corrected chi connectivity index (χ1v) is 8.19. The number of imidazole rings is 1. The second-order valence-electron chi connectivity index (χ2n) is 6.06. The number of para-hydroxylation sites is 1. The molecule has 0 bridgehead atoms. The number of aromatic nitrogens is 3. The number of fused-ring (bicyclic) bond motifs is 2. The molecule has 26 heavy (non-hydrogen) atoms. The van der Waals surface area contributed by atoms with Crippen LogP contribution >= 0.6 is 0 Å². The molecule has 0 atom stereocenters. The molecule has 0 aliphatic carbocycles. The minimum absolute atomic E-state index is 0.0384. The van der Waals surface area contributed by atoms with Crippen LogP contribution in [0.15, 0.2) is 36.5 Å². The van der Waals surface area contributed by atoms with Crippen LogP contribution in [0.5, 0.6) is 5.75 Å². The van der Waals surface area contributed by atoms with Gasteiger partial charge in [-0.3, -0.25) is 9.69 Å². The van der Waals surface area contributed by atoms with Gasteiger partial charge in [0.1, 0.15) is 11.3 Å². The number of pyridine rings is 1. The number of ether oxygens (including phenoxy) is 1. The maximum absolute atomic E-state index is 14.2. The first-order valence-electron chi connectivity index (χ1n) is 8.19. The van der Waals surface area contributed by atoms with E-state index in [4.69, 9.17) is 4.74 Å². The highest BCUT2D eigenvalue weighted by Gasteiger charge is 2.51. The number of rotatable bonds is 3. The fourth-order valence-electron chi connectivity index (χ4n) is 3.13.